The summed E-state index contributed by atoms with van der Waals surface area (Å²) in [5, 5.41) is 21.1. The van der Waals surface area contributed by atoms with Crippen LogP contribution in [0.4, 0.5) is 5.69 Å². The molecule has 2 aliphatic rings. The van der Waals surface area contributed by atoms with E-state index in [1.54, 1.807) is 12.1 Å². The molecule has 1 amide bonds. The third-order valence-corrected chi connectivity index (χ3v) is 8.88. The van der Waals surface area contributed by atoms with E-state index in [4.69, 9.17) is 14.6 Å². The first-order valence-corrected chi connectivity index (χ1v) is 15.9. The predicted octanol–water partition coefficient (Wildman–Crippen LogP) is 4.90. The van der Waals surface area contributed by atoms with Crippen molar-refractivity contribution in [2.75, 3.05) is 25.0 Å². The van der Waals surface area contributed by atoms with Crippen LogP contribution in [0.5, 0.6) is 0 Å². The number of likely N-dealkylation sites (tertiary alicyclic amines) is 1. The summed E-state index contributed by atoms with van der Waals surface area (Å²) in [6, 6.07) is 23.1. The Hall–Kier alpha value is -4.29. The van der Waals surface area contributed by atoms with Crippen molar-refractivity contribution in [1.29, 1.82) is 0 Å². The molecule has 0 spiro atoms. The number of benzene rings is 3. The van der Waals surface area contributed by atoms with E-state index in [0.29, 0.717) is 12.1 Å². The summed E-state index contributed by atoms with van der Waals surface area (Å²) in [4.78, 5) is 41.1. The molecule has 2 saturated heterocycles. The Morgan fingerprint density at radius 3 is 2.35 bits per heavy atom. The molecule has 4 N–H and O–H groups in total. The summed E-state index contributed by atoms with van der Waals surface area (Å²) in [6.07, 6.45) is 1.82. The molecule has 11 heteroatoms. The molecule has 11 nitrogen and oxygen atoms in total. The topological polar surface area (TPSA) is 146 Å². The number of aliphatic carboxylic acids is 1. The maximum atomic E-state index is 12.8. The molecule has 3 aromatic carbocycles. The fraction of sp³-hybridized carbons (Fsp3) is 0.400. The van der Waals surface area contributed by atoms with Crippen molar-refractivity contribution < 1.29 is 29.3 Å². The van der Waals surface area contributed by atoms with Crippen molar-refractivity contribution in [2.24, 2.45) is 0 Å². The van der Waals surface area contributed by atoms with E-state index >= 15 is 0 Å². The van der Waals surface area contributed by atoms with Gasteiger partial charge in [-0.25, -0.2) is 4.79 Å². The van der Waals surface area contributed by atoms with E-state index in [2.05, 4.69) is 15.2 Å². The first-order valence-electron chi connectivity index (χ1n) is 15.9. The van der Waals surface area contributed by atoms with Crippen LogP contribution in [0, 0.1) is 0 Å². The smallest absolute Gasteiger partial charge is 0.326 e. The number of hydrogen-bond acceptors (Lipinski definition) is 7. The summed E-state index contributed by atoms with van der Waals surface area (Å²) in [5.74, 6) is -1.15. The fourth-order valence-corrected chi connectivity index (χ4v) is 6.47. The van der Waals surface area contributed by atoms with E-state index < -0.39 is 12.3 Å². The maximum Gasteiger partial charge on any atom is 0.326 e. The predicted molar refractivity (Wildman–Crippen MR) is 172 cm³/mol. The Bertz CT molecular complexity index is 1690. The molecule has 242 valence electrons. The van der Waals surface area contributed by atoms with Crippen molar-refractivity contribution in [1.82, 2.24) is 14.5 Å². The van der Waals surface area contributed by atoms with Gasteiger partial charge in [0.2, 0.25) is 5.91 Å². The first-order chi connectivity index (χ1) is 22.4. The van der Waals surface area contributed by atoms with Gasteiger partial charge in [0.1, 0.15) is 0 Å². The molecule has 3 heterocycles. The van der Waals surface area contributed by atoms with Crippen LogP contribution in [0.15, 0.2) is 77.6 Å². The number of carbonyl (C=O) groups excluding carboxylic acids is 1. The molecule has 0 saturated carbocycles. The number of aromatic nitrogens is 2. The lowest BCUT2D eigenvalue weighted by Gasteiger charge is -2.40. The number of imidazole rings is 1. The highest BCUT2D eigenvalue weighted by molar-refractivity contribution is 5.90. The van der Waals surface area contributed by atoms with Gasteiger partial charge in [-0.15, -0.1) is 0 Å². The van der Waals surface area contributed by atoms with E-state index in [0.717, 1.165) is 60.2 Å². The quantitative estimate of drug-likeness (QED) is 0.184. The lowest BCUT2D eigenvalue weighted by atomic mass is 9.98. The summed E-state index contributed by atoms with van der Waals surface area (Å²) in [5.41, 5.74) is 5.03. The largest absolute Gasteiger partial charge is 0.481 e. The van der Waals surface area contributed by atoms with Crippen LogP contribution in [-0.2, 0) is 25.7 Å². The molecule has 2 aliphatic heterocycles. The monoisotopic (exact) mass is 628 g/mol. The summed E-state index contributed by atoms with van der Waals surface area (Å²) >= 11 is 0. The van der Waals surface area contributed by atoms with Crippen LogP contribution in [0.3, 0.4) is 0 Å². The molecule has 3 atom stereocenters. The third-order valence-electron chi connectivity index (χ3n) is 8.88. The molecule has 3 unspecified atom stereocenters. The number of nitrogens with zero attached hydrogens (tertiary/aromatic N) is 2. The Morgan fingerprint density at radius 2 is 1.63 bits per heavy atom. The van der Waals surface area contributed by atoms with Crippen LogP contribution in [0.2, 0.25) is 0 Å². The van der Waals surface area contributed by atoms with Gasteiger partial charge < -0.3 is 34.9 Å². The second-order valence-electron chi connectivity index (χ2n) is 12.1. The van der Waals surface area contributed by atoms with Crippen LogP contribution < -0.4 is 11.0 Å². The highest BCUT2D eigenvalue weighted by Crippen LogP contribution is 2.39. The lowest BCUT2D eigenvalue weighted by Crippen LogP contribution is -2.43. The average Bonchev–Trinajstić information content (AvgIpc) is 3.40. The summed E-state index contributed by atoms with van der Waals surface area (Å²) in [6.45, 7) is 2.39. The van der Waals surface area contributed by atoms with Gasteiger partial charge in [-0.1, -0.05) is 48.5 Å². The Kier molecular flexibility index (Phi) is 9.94. The fourth-order valence-electron chi connectivity index (χ4n) is 6.47. The number of carboxylic acid groups (broad SMARTS) is 1. The molecule has 0 bridgehead atoms. The van der Waals surface area contributed by atoms with Gasteiger partial charge in [-0.2, -0.15) is 0 Å². The van der Waals surface area contributed by atoms with Crippen molar-refractivity contribution in [3.63, 3.8) is 0 Å². The van der Waals surface area contributed by atoms with Gasteiger partial charge in [0, 0.05) is 56.2 Å². The number of aliphatic hydroxyl groups excluding tert-OH is 1. The number of H-pyrrole nitrogens is 1. The van der Waals surface area contributed by atoms with Crippen LogP contribution in [0.1, 0.15) is 73.7 Å². The molecule has 46 heavy (non-hydrogen) atoms. The highest BCUT2D eigenvalue weighted by atomic mass is 16.7. The molecule has 0 aliphatic carbocycles. The minimum atomic E-state index is -0.919. The van der Waals surface area contributed by atoms with E-state index in [9.17, 15) is 19.5 Å². The number of amides is 1. The average molecular weight is 629 g/mol. The zero-order valence-corrected chi connectivity index (χ0v) is 25.6. The van der Waals surface area contributed by atoms with Crippen molar-refractivity contribution in [3.8, 4) is 0 Å². The van der Waals surface area contributed by atoms with Crippen LogP contribution >= 0.6 is 0 Å². The van der Waals surface area contributed by atoms with Crippen LogP contribution in [0.25, 0.3) is 11.0 Å². The molecular weight excluding hydrogens is 588 g/mol. The number of aliphatic hydroxyl groups is 1. The number of para-hydroxylation sites is 2. The zero-order chi connectivity index (χ0) is 32.0. The van der Waals surface area contributed by atoms with Crippen LogP contribution in [-0.4, -0.2) is 62.3 Å². The standard InChI is InChI=1S/C35H40N4O7/c40-22-23-8-10-24(11-9-23)31-20-28(21-38-18-16-27(17-19-38)39-30-5-2-1-4-29(30)37-35(39)44)45-34(46-31)25-12-14-26(15-13-25)36-32(41)6-3-7-33(42)43/h1-2,4-5,8-15,27-28,31,34,40H,3,6-7,16-22H2,(H,36,41)(H,37,44)(H,42,43). The molecule has 0 radical (unpaired) electrons. The van der Waals surface area contributed by atoms with Crippen molar-refractivity contribution in [3.05, 3.63) is 100.0 Å². The number of hydrogen-bond donors (Lipinski definition) is 4. The van der Waals surface area contributed by atoms with Gasteiger partial charge in [0.25, 0.3) is 0 Å². The summed E-state index contributed by atoms with van der Waals surface area (Å²) < 4.78 is 14.9. The number of fused-ring (bicyclic) bond motifs is 1. The Labute approximate surface area is 266 Å². The maximum absolute atomic E-state index is 12.8. The van der Waals surface area contributed by atoms with Gasteiger partial charge >= 0.3 is 11.7 Å². The first kappa shape index (κ1) is 31.7. The van der Waals surface area contributed by atoms with Crippen molar-refractivity contribution in [2.45, 2.75) is 69.7 Å². The van der Waals surface area contributed by atoms with Gasteiger partial charge in [-0.05, 0) is 54.7 Å². The van der Waals surface area contributed by atoms with E-state index in [-0.39, 0.29) is 55.7 Å². The Morgan fingerprint density at radius 1 is 0.913 bits per heavy atom. The second kappa shape index (κ2) is 14.4. The normalized spacial score (nSPS) is 20.9. The van der Waals surface area contributed by atoms with Crippen molar-refractivity contribution >= 4 is 28.6 Å². The molecule has 1 aromatic heterocycles. The Balaban J connectivity index is 1.12. The van der Waals surface area contributed by atoms with E-state index in [1.165, 1.54) is 0 Å². The minimum absolute atomic E-state index is 0.0246. The molecular formula is C35H40N4O7. The number of anilines is 1. The number of piperidine rings is 1. The minimum Gasteiger partial charge on any atom is -0.481 e. The number of carboxylic acids is 1. The number of aromatic amines is 1. The highest BCUT2D eigenvalue weighted by Gasteiger charge is 2.34. The van der Waals surface area contributed by atoms with E-state index in [1.807, 2.05) is 65.2 Å². The molecule has 6 rings (SSSR count). The molecule has 2 fully saturated rings. The number of ether oxygens (including phenoxy) is 2. The summed E-state index contributed by atoms with van der Waals surface area (Å²) in [7, 11) is 0. The zero-order valence-electron chi connectivity index (χ0n) is 25.6. The number of carbonyl (C=O) groups is 2. The van der Waals surface area contributed by atoms with Gasteiger partial charge in [0.05, 0.1) is 29.8 Å². The lowest BCUT2D eigenvalue weighted by molar-refractivity contribution is -0.253. The number of rotatable bonds is 11. The van der Waals surface area contributed by atoms with Gasteiger partial charge in [-0.3, -0.25) is 14.2 Å². The SMILES string of the molecule is O=C(O)CCCC(=O)Nc1ccc(C2OC(CN3CCC(n4c(=O)[nH]c5ccccc54)CC3)CC(c3ccc(CO)cc3)O2)cc1. The molecule has 4 aromatic rings. The second-order valence-corrected chi connectivity index (χ2v) is 12.1. The van der Waals surface area contributed by atoms with Gasteiger partial charge in [0.15, 0.2) is 6.29 Å². The third kappa shape index (κ3) is 7.56. The number of nitrogens with one attached hydrogen (secondary N) is 2.